The minimum atomic E-state index is -0.402. The summed E-state index contributed by atoms with van der Waals surface area (Å²) < 4.78 is 17.9. The molecule has 0 radical (unpaired) electrons. The minimum Gasteiger partial charge on any atom is -0.495 e. The van der Waals surface area contributed by atoms with Crippen LogP contribution in [-0.4, -0.2) is 19.7 Å². The first kappa shape index (κ1) is 15.4. The molecule has 2 amide bonds. The lowest BCUT2D eigenvalue weighted by Gasteiger charge is -2.05. The van der Waals surface area contributed by atoms with E-state index in [0.717, 1.165) is 5.56 Å². The van der Waals surface area contributed by atoms with Gasteiger partial charge in [-0.05, 0) is 36.4 Å². The van der Waals surface area contributed by atoms with Crippen LogP contribution in [0.3, 0.4) is 0 Å². The van der Waals surface area contributed by atoms with Gasteiger partial charge in [0.25, 0.3) is 0 Å². The van der Waals surface area contributed by atoms with Crippen molar-refractivity contribution in [1.29, 1.82) is 0 Å². The first-order chi connectivity index (χ1) is 10.7. The SMILES string of the molecule is COc1ccccc1C#CCNC(=O)Nc1ccc(F)cc1. The Hall–Kier alpha value is -3.00. The van der Waals surface area contributed by atoms with Crippen LogP contribution in [-0.2, 0) is 0 Å². The van der Waals surface area contributed by atoms with Gasteiger partial charge in [-0.1, -0.05) is 24.0 Å². The zero-order valence-electron chi connectivity index (χ0n) is 12.0. The van der Waals surface area contributed by atoms with E-state index in [1.165, 1.54) is 24.3 Å². The van der Waals surface area contributed by atoms with Crippen LogP contribution >= 0.6 is 0 Å². The van der Waals surface area contributed by atoms with Crippen LogP contribution in [0.25, 0.3) is 0 Å². The zero-order chi connectivity index (χ0) is 15.8. The Morgan fingerprint density at radius 2 is 1.91 bits per heavy atom. The topological polar surface area (TPSA) is 50.4 Å². The molecule has 5 heteroatoms. The van der Waals surface area contributed by atoms with E-state index in [9.17, 15) is 9.18 Å². The number of hydrogen-bond acceptors (Lipinski definition) is 2. The molecule has 2 aromatic carbocycles. The van der Waals surface area contributed by atoms with Crippen LogP contribution in [0.15, 0.2) is 48.5 Å². The van der Waals surface area contributed by atoms with Gasteiger partial charge in [0.05, 0.1) is 19.2 Å². The molecular formula is C17H15FN2O2. The largest absolute Gasteiger partial charge is 0.495 e. The number of urea groups is 1. The van der Waals surface area contributed by atoms with Gasteiger partial charge in [0.15, 0.2) is 0 Å². The Balaban J connectivity index is 1.85. The molecule has 2 rings (SSSR count). The number of methoxy groups -OCH3 is 1. The number of carbonyl (C=O) groups is 1. The monoisotopic (exact) mass is 298 g/mol. The quantitative estimate of drug-likeness (QED) is 0.856. The molecule has 112 valence electrons. The van der Waals surface area contributed by atoms with Crippen molar-refractivity contribution in [2.45, 2.75) is 0 Å². The summed E-state index contributed by atoms with van der Waals surface area (Å²) in [6, 6.07) is 12.5. The Morgan fingerprint density at radius 3 is 2.64 bits per heavy atom. The van der Waals surface area contributed by atoms with E-state index >= 15 is 0 Å². The molecule has 0 bridgehead atoms. The standard InChI is InChI=1S/C17H15FN2O2/c1-22-16-7-3-2-5-13(16)6-4-12-19-17(21)20-15-10-8-14(18)9-11-15/h2-3,5,7-11H,12H2,1H3,(H2,19,20,21). The van der Waals surface area contributed by atoms with Crippen molar-refractivity contribution < 1.29 is 13.9 Å². The van der Waals surface area contributed by atoms with Crippen LogP contribution in [0.1, 0.15) is 5.56 Å². The Labute approximate surface area is 128 Å². The van der Waals surface area contributed by atoms with E-state index in [4.69, 9.17) is 4.74 Å². The van der Waals surface area contributed by atoms with Crippen molar-refractivity contribution in [3.05, 3.63) is 59.9 Å². The lowest BCUT2D eigenvalue weighted by atomic mass is 10.2. The highest BCUT2D eigenvalue weighted by Gasteiger charge is 2.00. The Morgan fingerprint density at radius 1 is 1.18 bits per heavy atom. The second-order valence-corrected chi connectivity index (χ2v) is 4.32. The number of carbonyl (C=O) groups excluding carboxylic acids is 1. The van der Waals surface area contributed by atoms with Crippen LogP contribution < -0.4 is 15.4 Å². The van der Waals surface area contributed by atoms with Gasteiger partial charge < -0.3 is 15.4 Å². The van der Waals surface area contributed by atoms with Crippen molar-refractivity contribution in [3.63, 3.8) is 0 Å². The number of nitrogens with one attached hydrogen (secondary N) is 2. The number of halogens is 1. The average Bonchev–Trinajstić information content (AvgIpc) is 2.54. The van der Waals surface area contributed by atoms with E-state index in [-0.39, 0.29) is 12.4 Å². The van der Waals surface area contributed by atoms with Gasteiger partial charge in [-0.15, -0.1) is 0 Å². The number of hydrogen-bond donors (Lipinski definition) is 2. The van der Waals surface area contributed by atoms with Crippen molar-refractivity contribution in [3.8, 4) is 17.6 Å². The molecule has 0 saturated heterocycles. The second kappa shape index (κ2) is 7.70. The van der Waals surface area contributed by atoms with Crippen molar-refractivity contribution in [1.82, 2.24) is 5.32 Å². The summed E-state index contributed by atoms with van der Waals surface area (Å²) in [4.78, 5) is 11.6. The number of rotatable bonds is 3. The summed E-state index contributed by atoms with van der Waals surface area (Å²) in [5.74, 6) is 6.10. The highest BCUT2D eigenvalue weighted by Crippen LogP contribution is 2.15. The third-order valence-electron chi connectivity index (χ3n) is 2.77. The number of anilines is 1. The lowest BCUT2D eigenvalue weighted by Crippen LogP contribution is -2.28. The van der Waals surface area contributed by atoms with Crippen molar-refractivity contribution >= 4 is 11.7 Å². The van der Waals surface area contributed by atoms with Gasteiger partial charge in [0, 0.05) is 5.69 Å². The van der Waals surface area contributed by atoms with E-state index in [1.54, 1.807) is 7.11 Å². The summed E-state index contributed by atoms with van der Waals surface area (Å²) in [6.45, 7) is 0.186. The molecule has 0 atom stereocenters. The van der Waals surface area contributed by atoms with Gasteiger partial charge in [-0.25, -0.2) is 9.18 Å². The van der Waals surface area contributed by atoms with Crippen molar-refractivity contribution in [2.75, 3.05) is 19.0 Å². The third-order valence-corrected chi connectivity index (χ3v) is 2.77. The Bertz CT molecular complexity index is 703. The summed E-state index contributed by atoms with van der Waals surface area (Å²) in [7, 11) is 1.58. The second-order valence-electron chi connectivity index (χ2n) is 4.32. The number of para-hydroxylation sites is 1. The molecule has 0 heterocycles. The molecule has 4 nitrogen and oxygen atoms in total. The normalized spacial score (nSPS) is 9.36. The first-order valence-electron chi connectivity index (χ1n) is 6.61. The van der Waals surface area contributed by atoms with Crippen LogP contribution in [0.4, 0.5) is 14.9 Å². The fraction of sp³-hybridized carbons (Fsp3) is 0.118. The van der Waals surface area contributed by atoms with E-state index in [0.29, 0.717) is 11.4 Å². The number of amides is 2. The fourth-order valence-corrected chi connectivity index (χ4v) is 1.72. The van der Waals surface area contributed by atoms with E-state index in [1.807, 2.05) is 24.3 Å². The molecule has 0 aromatic heterocycles. The molecular weight excluding hydrogens is 283 g/mol. The number of ether oxygens (including phenoxy) is 1. The highest BCUT2D eigenvalue weighted by molar-refractivity contribution is 5.89. The first-order valence-corrected chi connectivity index (χ1v) is 6.61. The molecule has 0 unspecified atom stereocenters. The number of benzene rings is 2. The predicted molar refractivity (Wildman–Crippen MR) is 83.3 cm³/mol. The molecule has 2 N–H and O–H groups in total. The lowest BCUT2D eigenvalue weighted by molar-refractivity contribution is 0.253. The maximum absolute atomic E-state index is 12.7. The molecule has 0 spiro atoms. The van der Waals surface area contributed by atoms with Gasteiger partial charge in [0.2, 0.25) is 0 Å². The average molecular weight is 298 g/mol. The smallest absolute Gasteiger partial charge is 0.319 e. The zero-order valence-corrected chi connectivity index (χ0v) is 12.0. The third kappa shape index (κ3) is 4.53. The molecule has 0 aliphatic rings. The molecule has 0 saturated carbocycles. The van der Waals surface area contributed by atoms with Crippen LogP contribution in [0, 0.1) is 17.7 Å². The maximum atomic E-state index is 12.7. The van der Waals surface area contributed by atoms with Gasteiger partial charge in [-0.2, -0.15) is 0 Å². The van der Waals surface area contributed by atoms with Gasteiger partial charge in [-0.3, -0.25) is 0 Å². The molecule has 0 aliphatic heterocycles. The summed E-state index contributed by atoms with van der Waals surface area (Å²) in [6.07, 6.45) is 0. The maximum Gasteiger partial charge on any atom is 0.319 e. The summed E-state index contributed by atoms with van der Waals surface area (Å²) >= 11 is 0. The summed E-state index contributed by atoms with van der Waals surface area (Å²) in [5.41, 5.74) is 1.27. The van der Waals surface area contributed by atoms with Gasteiger partial charge in [0.1, 0.15) is 11.6 Å². The van der Waals surface area contributed by atoms with Crippen LogP contribution in [0.2, 0.25) is 0 Å². The molecule has 0 aliphatic carbocycles. The highest BCUT2D eigenvalue weighted by atomic mass is 19.1. The van der Waals surface area contributed by atoms with Crippen LogP contribution in [0.5, 0.6) is 5.75 Å². The molecule has 2 aromatic rings. The summed E-state index contributed by atoms with van der Waals surface area (Å²) in [5, 5.41) is 5.18. The molecule has 22 heavy (non-hydrogen) atoms. The van der Waals surface area contributed by atoms with E-state index < -0.39 is 6.03 Å². The predicted octanol–water partition coefficient (Wildman–Crippen LogP) is 3.01. The fourth-order valence-electron chi connectivity index (χ4n) is 1.72. The van der Waals surface area contributed by atoms with Crippen molar-refractivity contribution in [2.24, 2.45) is 0 Å². The van der Waals surface area contributed by atoms with Gasteiger partial charge >= 0.3 is 6.03 Å². The Kier molecular flexibility index (Phi) is 5.38. The molecule has 0 fully saturated rings. The van der Waals surface area contributed by atoms with E-state index in [2.05, 4.69) is 22.5 Å². The minimum absolute atomic E-state index is 0.186.